The van der Waals surface area contributed by atoms with Crippen molar-refractivity contribution < 1.29 is 23.9 Å². The van der Waals surface area contributed by atoms with Crippen LogP contribution in [-0.4, -0.2) is 22.4 Å². The van der Waals surface area contributed by atoms with Crippen LogP contribution in [0.15, 0.2) is 24.3 Å². The summed E-state index contributed by atoms with van der Waals surface area (Å²) in [5.74, 6) is -0.422. The molecule has 0 aliphatic carbocycles. The van der Waals surface area contributed by atoms with Gasteiger partial charge in [0.25, 0.3) is 0 Å². The lowest BCUT2D eigenvalue weighted by molar-refractivity contribution is 0.0505. The molecule has 1 rings (SSSR count). The van der Waals surface area contributed by atoms with E-state index in [1.54, 1.807) is 0 Å². The fraction of sp³-hybridized carbons (Fsp3) is 0.364. The van der Waals surface area contributed by atoms with Gasteiger partial charge in [-0.2, -0.15) is 0 Å². The van der Waals surface area contributed by atoms with Gasteiger partial charge in [-0.1, -0.05) is 19.1 Å². The minimum Gasteiger partial charge on any atom is -0.462 e. The molecule has 0 aromatic heterocycles. The SMILES string of the molecule is CCCOC(=O)c1ccc(CP(=O)(O)O)cc1. The van der Waals surface area contributed by atoms with Crippen LogP contribution >= 0.6 is 7.60 Å². The van der Waals surface area contributed by atoms with Crippen LogP contribution in [-0.2, 0) is 15.5 Å². The molecule has 0 spiro atoms. The van der Waals surface area contributed by atoms with Crippen LogP contribution in [0.2, 0.25) is 0 Å². The molecule has 2 N–H and O–H groups in total. The van der Waals surface area contributed by atoms with Crippen LogP contribution < -0.4 is 0 Å². The van der Waals surface area contributed by atoms with Crippen molar-refractivity contribution in [3.63, 3.8) is 0 Å². The fourth-order valence-electron chi connectivity index (χ4n) is 1.26. The monoisotopic (exact) mass is 258 g/mol. The first-order chi connectivity index (χ1) is 7.92. The van der Waals surface area contributed by atoms with Crippen molar-refractivity contribution in [2.45, 2.75) is 19.5 Å². The van der Waals surface area contributed by atoms with E-state index in [2.05, 4.69) is 0 Å². The second-order valence-corrected chi connectivity index (χ2v) is 5.30. The Hall–Kier alpha value is -1.16. The van der Waals surface area contributed by atoms with E-state index >= 15 is 0 Å². The molecule has 0 radical (unpaired) electrons. The third-order valence-electron chi connectivity index (χ3n) is 2.02. The van der Waals surface area contributed by atoms with Crippen LogP contribution in [0.25, 0.3) is 0 Å². The molecule has 0 atom stereocenters. The highest BCUT2D eigenvalue weighted by atomic mass is 31.2. The Labute approximate surface area is 99.6 Å². The minimum atomic E-state index is -4.06. The van der Waals surface area contributed by atoms with Crippen LogP contribution in [0, 0.1) is 0 Å². The Morgan fingerprint density at radius 2 is 1.88 bits per heavy atom. The predicted molar refractivity (Wildman–Crippen MR) is 62.8 cm³/mol. The largest absolute Gasteiger partial charge is 0.462 e. The quantitative estimate of drug-likeness (QED) is 0.622. The van der Waals surface area contributed by atoms with Crippen molar-refractivity contribution in [2.75, 3.05) is 6.61 Å². The Kier molecular flexibility index (Phi) is 4.87. The van der Waals surface area contributed by atoms with Crippen molar-refractivity contribution in [3.05, 3.63) is 35.4 Å². The number of carbonyl (C=O) groups is 1. The van der Waals surface area contributed by atoms with Gasteiger partial charge in [0.05, 0.1) is 18.3 Å². The maximum atomic E-state index is 11.4. The van der Waals surface area contributed by atoms with E-state index in [-0.39, 0.29) is 6.16 Å². The zero-order chi connectivity index (χ0) is 12.9. The number of ether oxygens (including phenoxy) is 1. The van der Waals surface area contributed by atoms with Crippen LogP contribution in [0.1, 0.15) is 29.3 Å². The van der Waals surface area contributed by atoms with E-state index in [0.29, 0.717) is 17.7 Å². The molecule has 0 aliphatic heterocycles. The summed E-state index contributed by atoms with van der Waals surface area (Å²) >= 11 is 0. The first-order valence-electron chi connectivity index (χ1n) is 5.23. The van der Waals surface area contributed by atoms with Gasteiger partial charge in [0, 0.05) is 0 Å². The van der Waals surface area contributed by atoms with E-state index in [0.717, 1.165) is 6.42 Å². The summed E-state index contributed by atoms with van der Waals surface area (Å²) in [6.07, 6.45) is 0.430. The Morgan fingerprint density at radius 3 is 2.35 bits per heavy atom. The molecular weight excluding hydrogens is 243 g/mol. The molecule has 0 bridgehead atoms. The smallest absolute Gasteiger partial charge is 0.338 e. The molecule has 1 aromatic carbocycles. The van der Waals surface area contributed by atoms with Crippen molar-refractivity contribution >= 4 is 13.6 Å². The maximum Gasteiger partial charge on any atom is 0.338 e. The number of hydrogen-bond acceptors (Lipinski definition) is 3. The van der Waals surface area contributed by atoms with Gasteiger partial charge in [-0.3, -0.25) is 4.57 Å². The lowest BCUT2D eigenvalue weighted by atomic mass is 10.1. The predicted octanol–water partition coefficient (Wildman–Crippen LogP) is 1.93. The number of hydrogen-bond donors (Lipinski definition) is 2. The fourth-order valence-corrected chi connectivity index (χ4v) is 1.95. The second kappa shape index (κ2) is 5.96. The van der Waals surface area contributed by atoms with E-state index in [1.807, 2.05) is 6.92 Å². The topological polar surface area (TPSA) is 83.8 Å². The van der Waals surface area contributed by atoms with Crippen molar-refractivity contribution in [1.82, 2.24) is 0 Å². The van der Waals surface area contributed by atoms with Crippen molar-refractivity contribution in [2.24, 2.45) is 0 Å². The summed E-state index contributed by atoms with van der Waals surface area (Å²) < 4.78 is 15.7. The van der Waals surface area contributed by atoms with Crippen LogP contribution in [0.5, 0.6) is 0 Å². The number of carbonyl (C=O) groups excluding carboxylic acids is 1. The zero-order valence-corrected chi connectivity index (χ0v) is 10.4. The summed E-state index contributed by atoms with van der Waals surface area (Å²) in [4.78, 5) is 29.0. The molecule has 0 unspecified atom stereocenters. The zero-order valence-electron chi connectivity index (χ0n) is 9.50. The van der Waals surface area contributed by atoms with Gasteiger partial charge in [-0.05, 0) is 24.1 Å². The number of esters is 1. The van der Waals surface area contributed by atoms with Gasteiger partial charge in [0.1, 0.15) is 0 Å². The Morgan fingerprint density at radius 1 is 1.29 bits per heavy atom. The molecule has 94 valence electrons. The molecule has 17 heavy (non-hydrogen) atoms. The molecule has 1 aromatic rings. The molecule has 6 heteroatoms. The van der Waals surface area contributed by atoms with Crippen LogP contribution in [0.4, 0.5) is 0 Å². The third kappa shape index (κ3) is 5.13. The molecule has 0 aliphatic rings. The highest BCUT2D eigenvalue weighted by Crippen LogP contribution is 2.38. The molecule has 0 heterocycles. The second-order valence-electron chi connectivity index (χ2n) is 3.66. The summed E-state index contributed by atoms with van der Waals surface area (Å²) in [5.41, 5.74) is 0.873. The highest BCUT2D eigenvalue weighted by Gasteiger charge is 2.14. The van der Waals surface area contributed by atoms with Gasteiger partial charge >= 0.3 is 13.6 Å². The van der Waals surface area contributed by atoms with E-state index < -0.39 is 13.6 Å². The summed E-state index contributed by atoms with van der Waals surface area (Å²) in [6, 6.07) is 6.04. The third-order valence-corrected chi connectivity index (χ3v) is 2.79. The lowest BCUT2D eigenvalue weighted by Gasteiger charge is -2.05. The van der Waals surface area contributed by atoms with Gasteiger partial charge in [-0.25, -0.2) is 4.79 Å². The summed E-state index contributed by atoms with van der Waals surface area (Å²) in [6.45, 7) is 2.26. The van der Waals surface area contributed by atoms with Gasteiger partial charge in [-0.15, -0.1) is 0 Å². The Bertz CT molecular complexity index is 420. The maximum absolute atomic E-state index is 11.4. The van der Waals surface area contributed by atoms with Gasteiger partial charge < -0.3 is 14.5 Å². The molecule has 5 nitrogen and oxygen atoms in total. The van der Waals surface area contributed by atoms with Crippen molar-refractivity contribution in [1.29, 1.82) is 0 Å². The molecule has 0 amide bonds. The normalized spacial score (nSPS) is 11.2. The number of benzene rings is 1. The molecule has 0 fully saturated rings. The van der Waals surface area contributed by atoms with Crippen LogP contribution in [0.3, 0.4) is 0 Å². The summed E-state index contributed by atoms with van der Waals surface area (Å²) in [7, 11) is -4.06. The average molecular weight is 258 g/mol. The molecular formula is C11H15O5P. The van der Waals surface area contributed by atoms with E-state index in [4.69, 9.17) is 14.5 Å². The highest BCUT2D eigenvalue weighted by molar-refractivity contribution is 7.50. The molecule has 0 saturated heterocycles. The van der Waals surface area contributed by atoms with E-state index in [9.17, 15) is 9.36 Å². The molecule has 0 saturated carbocycles. The van der Waals surface area contributed by atoms with E-state index in [1.165, 1.54) is 24.3 Å². The standard InChI is InChI=1S/C11H15O5P/c1-2-7-16-11(12)10-5-3-9(4-6-10)8-17(13,14)15/h3-6H,2,7-8H2,1H3,(H2,13,14,15). The first-order valence-corrected chi connectivity index (χ1v) is 7.03. The van der Waals surface area contributed by atoms with Gasteiger partial charge in [0.15, 0.2) is 0 Å². The first kappa shape index (κ1) is 13.9. The van der Waals surface area contributed by atoms with Crippen molar-refractivity contribution in [3.8, 4) is 0 Å². The summed E-state index contributed by atoms with van der Waals surface area (Å²) in [5, 5.41) is 0. The Balaban J connectivity index is 2.68. The average Bonchev–Trinajstić information content (AvgIpc) is 2.24. The van der Waals surface area contributed by atoms with Gasteiger partial charge in [0.2, 0.25) is 0 Å². The minimum absolute atomic E-state index is 0.322. The number of rotatable bonds is 5. The lowest BCUT2D eigenvalue weighted by Crippen LogP contribution is -2.05.